The molecule has 0 radical (unpaired) electrons. The van der Waals surface area contributed by atoms with Crippen molar-refractivity contribution >= 4 is 9.84 Å². The van der Waals surface area contributed by atoms with Crippen molar-refractivity contribution in [1.82, 2.24) is 10.2 Å². The van der Waals surface area contributed by atoms with E-state index in [1.165, 1.54) is 6.26 Å². The van der Waals surface area contributed by atoms with E-state index in [2.05, 4.69) is 17.1 Å². The molecule has 1 saturated heterocycles. The summed E-state index contributed by atoms with van der Waals surface area (Å²) in [6.45, 7) is 6.87. The van der Waals surface area contributed by atoms with E-state index in [0.717, 1.165) is 58.5 Å². The first-order valence-electron chi connectivity index (χ1n) is 7.75. The Bertz CT molecular complexity index is 399. The molecule has 1 N–H and O–H groups in total. The maximum Gasteiger partial charge on any atom is 0.150 e. The molecule has 0 spiro atoms. The molecule has 2 aliphatic rings. The molecule has 1 aliphatic carbocycles. The summed E-state index contributed by atoms with van der Waals surface area (Å²) in [5, 5.41) is 3.36. The van der Waals surface area contributed by atoms with E-state index >= 15 is 0 Å². The van der Waals surface area contributed by atoms with Crippen molar-refractivity contribution in [2.45, 2.75) is 50.0 Å². The number of morpholine rings is 1. The van der Waals surface area contributed by atoms with Crippen LogP contribution in [0.5, 0.6) is 0 Å². The fraction of sp³-hybridized carbons (Fsp3) is 1.00. The zero-order chi connectivity index (χ0) is 14.6. The van der Waals surface area contributed by atoms with Crippen molar-refractivity contribution in [2.75, 3.05) is 39.0 Å². The molecule has 3 atom stereocenters. The van der Waals surface area contributed by atoms with Crippen LogP contribution >= 0.6 is 0 Å². The molecule has 2 rings (SSSR count). The van der Waals surface area contributed by atoms with E-state index in [1.54, 1.807) is 0 Å². The van der Waals surface area contributed by atoms with Gasteiger partial charge in [0.2, 0.25) is 0 Å². The smallest absolute Gasteiger partial charge is 0.150 e. The standard InChI is InChI=1S/C14H28N2O3S/c1-3-16-7-8-19-13(11-16)10-15-12-5-4-6-14(9-12)20(2,17)18/h12-15H,3-11H2,1-2H3. The van der Waals surface area contributed by atoms with Crippen LogP contribution in [0.25, 0.3) is 0 Å². The zero-order valence-electron chi connectivity index (χ0n) is 12.7. The molecule has 0 bridgehead atoms. The Hall–Kier alpha value is -0.170. The first-order chi connectivity index (χ1) is 9.49. The molecule has 5 nitrogen and oxygen atoms in total. The predicted octanol–water partition coefficient (Wildman–Crippen LogP) is 0.653. The third kappa shape index (κ3) is 4.69. The van der Waals surface area contributed by atoms with Gasteiger partial charge in [-0.1, -0.05) is 13.3 Å². The highest BCUT2D eigenvalue weighted by Gasteiger charge is 2.29. The molecule has 1 saturated carbocycles. The van der Waals surface area contributed by atoms with E-state index in [0.29, 0.717) is 6.04 Å². The van der Waals surface area contributed by atoms with Gasteiger partial charge in [-0.3, -0.25) is 4.90 Å². The lowest BCUT2D eigenvalue weighted by Crippen LogP contribution is -2.49. The molecule has 0 aromatic rings. The molecule has 20 heavy (non-hydrogen) atoms. The number of nitrogens with zero attached hydrogens (tertiary/aromatic N) is 1. The van der Waals surface area contributed by atoms with Gasteiger partial charge in [0.1, 0.15) is 9.84 Å². The van der Waals surface area contributed by atoms with Gasteiger partial charge in [-0.2, -0.15) is 0 Å². The molecule has 0 amide bonds. The third-order valence-electron chi connectivity index (χ3n) is 4.54. The highest BCUT2D eigenvalue weighted by molar-refractivity contribution is 7.91. The minimum absolute atomic E-state index is 0.159. The second-order valence-corrected chi connectivity index (χ2v) is 8.44. The van der Waals surface area contributed by atoms with Crippen molar-refractivity contribution in [3.8, 4) is 0 Å². The number of likely N-dealkylation sites (N-methyl/N-ethyl adjacent to an activating group) is 1. The van der Waals surface area contributed by atoms with Gasteiger partial charge in [-0.15, -0.1) is 0 Å². The minimum Gasteiger partial charge on any atom is -0.374 e. The summed E-state index contributed by atoms with van der Waals surface area (Å²) in [6, 6.07) is 0.323. The molecule has 6 heteroatoms. The lowest BCUT2D eigenvalue weighted by molar-refractivity contribution is -0.0267. The predicted molar refractivity (Wildman–Crippen MR) is 80.7 cm³/mol. The average molecular weight is 304 g/mol. The highest BCUT2D eigenvalue weighted by atomic mass is 32.2. The Morgan fingerprint density at radius 1 is 1.35 bits per heavy atom. The van der Waals surface area contributed by atoms with Gasteiger partial charge >= 0.3 is 0 Å². The number of sulfone groups is 1. The van der Waals surface area contributed by atoms with Gasteiger partial charge < -0.3 is 10.1 Å². The number of ether oxygens (including phenoxy) is 1. The maximum atomic E-state index is 11.7. The molecule has 1 heterocycles. The SMILES string of the molecule is CCN1CCOC(CNC2CCCC(S(C)(=O)=O)C2)C1. The van der Waals surface area contributed by atoms with Crippen LogP contribution < -0.4 is 5.32 Å². The topological polar surface area (TPSA) is 58.6 Å². The van der Waals surface area contributed by atoms with Crippen LogP contribution in [0.3, 0.4) is 0 Å². The van der Waals surface area contributed by atoms with Gasteiger partial charge in [0.15, 0.2) is 0 Å². The average Bonchev–Trinajstić information content (AvgIpc) is 2.45. The number of rotatable bonds is 5. The second kappa shape index (κ2) is 7.20. The monoisotopic (exact) mass is 304 g/mol. The van der Waals surface area contributed by atoms with Crippen LogP contribution in [-0.2, 0) is 14.6 Å². The first kappa shape index (κ1) is 16.2. The lowest BCUT2D eigenvalue weighted by Gasteiger charge is -2.34. The highest BCUT2D eigenvalue weighted by Crippen LogP contribution is 2.23. The molecule has 3 unspecified atom stereocenters. The molecule has 118 valence electrons. The van der Waals surface area contributed by atoms with E-state index in [4.69, 9.17) is 4.74 Å². The number of hydrogen-bond donors (Lipinski definition) is 1. The molecular formula is C14H28N2O3S. The second-order valence-electron chi connectivity index (χ2n) is 6.11. The largest absolute Gasteiger partial charge is 0.374 e. The van der Waals surface area contributed by atoms with E-state index in [-0.39, 0.29) is 11.4 Å². The lowest BCUT2D eigenvalue weighted by atomic mass is 9.95. The number of hydrogen-bond acceptors (Lipinski definition) is 5. The van der Waals surface area contributed by atoms with Crippen LogP contribution in [0.4, 0.5) is 0 Å². The summed E-state index contributed by atoms with van der Waals surface area (Å²) < 4.78 is 29.1. The van der Waals surface area contributed by atoms with Gasteiger partial charge in [-0.05, 0) is 25.8 Å². The van der Waals surface area contributed by atoms with Crippen molar-refractivity contribution in [1.29, 1.82) is 0 Å². The van der Waals surface area contributed by atoms with Crippen molar-refractivity contribution in [2.24, 2.45) is 0 Å². The van der Waals surface area contributed by atoms with Gasteiger partial charge in [0.05, 0.1) is 18.0 Å². The van der Waals surface area contributed by atoms with Gasteiger partial charge in [0.25, 0.3) is 0 Å². The fourth-order valence-corrected chi connectivity index (χ4v) is 4.39. The Morgan fingerprint density at radius 3 is 2.85 bits per heavy atom. The van der Waals surface area contributed by atoms with Gasteiger partial charge in [-0.25, -0.2) is 8.42 Å². The quantitative estimate of drug-likeness (QED) is 0.808. The normalized spacial score (nSPS) is 33.2. The summed E-state index contributed by atoms with van der Waals surface area (Å²) in [5.74, 6) is 0. The summed E-state index contributed by atoms with van der Waals surface area (Å²) in [5.41, 5.74) is 0. The molecule has 0 aromatic carbocycles. The Kier molecular flexibility index (Phi) is 5.84. The summed E-state index contributed by atoms with van der Waals surface area (Å²) >= 11 is 0. The fourth-order valence-electron chi connectivity index (χ4n) is 3.21. The van der Waals surface area contributed by atoms with Crippen LogP contribution in [0, 0.1) is 0 Å². The van der Waals surface area contributed by atoms with Crippen LogP contribution in [0.15, 0.2) is 0 Å². The summed E-state index contributed by atoms with van der Waals surface area (Å²) in [6.07, 6.45) is 5.26. The maximum absolute atomic E-state index is 11.7. The van der Waals surface area contributed by atoms with Crippen molar-refractivity contribution in [3.05, 3.63) is 0 Å². The molecule has 1 aliphatic heterocycles. The van der Waals surface area contributed by atoms with E-state index < -0.39 is 9.84 Å². The van der Waals surface area contributed by atoms with Crippen LogP contribution in [0.2, 0.25) is 0 Å². The van der Waals surface area contributed by atoms with Gasteiger partial charge in [0, 0.05) is 31.9 Å². The van der Waals surface area contributed by atoms with E-state index in [9.17, 15) is 8.42 Å². The first-order valence-corrected chi connectivity index (χ1v) is 9.70. The summed E-state index contributed by atoms with van der Waals surface area (Å²) in [4.78, 5) is 2.40. The van der Waals surface area contributed by atoms with Crippen LogP contribution in [0.1, 0.15) is 32.6 Å². The number of nitrogens with one attached hydrogen (secondary N) is 1. The minimum atomic E-state index is -2.89. The molecule has 2 fully saturated rings. The third-order valence-corrected chi connectivity index (χ3v) is 6.18. The molecular weight excluding hydrogens is 276 g/mol. The summed E-state index contributed by atoms with van der Waals surface area (Å²) in [7, 11) is -2.89. The van der Waals surface area contributed by atoms with E-state index in [1.807, 2.05) is 0 Å². The molecule has 0 aromatic heterocycles. The van der Waals surface area contributed by atoms with Crippen molar-refractivity contribution < 1.29 is 13.2 Å². The van der Waals surface area contributed by atoms with Crippen molar-refractivity contribution in [3.63, 3.8) is 0 Å². The Morgan fingerprint density at radius 2 is 2.15 bits per heavy atom. The Balaban J connectivity index is 1.76. The van der Waals surface area contributed by atoms with Crippen LogP contribution in [-0.4, -0.2) is 69.8 Å². The zero-order valence-corrected chi connectivity index (χ0v) is 13.5. The Labute approximate surface area is 123 Å².